The average molecular weight is 528 g/mol. The van der Waals surface area contributed by atoms with E-state index >= 15 is 0 Å². The molecule has 3 aromatic carbocycles. The van der Waals surface area contributed by atoms with E-state index in [1.807, 2.05) is 0 Å². The lowest BCUT2D eigenvalue weighted by molar-refractivity contribution is -0.123. The van der Waals surface area contributed by atoms with E-state index in [9.17, 15) is 18.3 Å². The van der Waals surface area contributed by atoms with Gasteiger partial charge in [0.2, 0.25) is 0 Å². The minimum Gasteiger partial charge on any atom is -0.504 e. The van der Waals surface area contributed by atoms with Crippen LogP contribution in [0.4, 0.5) is 0 Å². The number of halogens is 1. The number of amidine groups is 1. The number of phenols is 1. The maximum absolute atomic E-state index is 13.2. The van der Waals surface area contributed by atoms with Crippen LogP contribution in [-0.2, 0) is 14.8 Å². The minimum atomic E-state index is -4.07. The largest absolute Gasteiger partial charge is 0.504 e. The van der Waals surface area contributed by atoms with Crippen LogP contribution in [0.5, 0.6) is 11.5 Å². The second-order valence-electron chi connectivity index (χ2n) is 6.95. The number of sulfonamides is 1. The monoisotopic (exact) mass is 527 g/mol. The summed E-state index contributed by atoms with van der Waals surface area (Å²) >= 11 is 3.27. The maximum atomic E-state index is 13.2. The van der Waals surface area contributed by atoms with E-state index in [1.54, 1.807) is 54.6 Å². The lowest BCUT2D eigenvalue weighted by Gasteiger charge is -2.19. The second kappa shape index (κ2) is 9.18. The lowest BCUT2D eigenvalue weighted by atomic mass is 10.1. The Bertz CT molecular complexity index is 1370. The smallest absolute Gasteiger partial charge is 0.293 e. The van der Waals surface area contributed by atoms with Gasteiger partial charge in [-0.2, -0.15) is 0 Å². The second-order valence-corrected chi connectivity index (χ2v) is 9.53. The number of aromatic hydroxyl groups is 1. The Hall–Kier alpha value is -3.47. The van der Waals surface area contributed by atoms with E-state index in [1.165, 1.54) is 31.4 Å². The van der Waals surface area contributed by atoms with Crippen LogP contribution in [0.25, 0.3) is 6.08 Å². The number of aliphatic imine (C=N–C) groups is 1. The van der Waals surface area contributed by atoms with Crippen LogP contribution in [0.3, 0.4) is 0 Å². The van der Waals surface area contributed by atoms with Crippen molar-refractivity contribution in [2.75, 3.05) is 7.11 Å². The number of phenolic OH excluding ortho intramolecular Hbond substituents is 1. The number of hydrogen-bond acceptors (Lipinski definition) is 6. The van der Waals surface area contributed by atoms with Crippen LogP contribution in [0.2, 0.25) is 0 Å². The molecule has 0 unspecified atom stereocenters. The summed E-state index contributed by atoms with van der Waals surface area (Å²) in [6.45, 7) is 0. The van der Waals surface area contributed by atoms with Gasteiger partial charge in [0.25, 0.3) is 15.9 Å². The first kappa shape index (κ1) is 22.7. The predicted molar refractivity (Wildman–Crippen MR) is 127 cm³/mol. The van der Waals surface area contributed by atoms with Crippen molar-refractivity contribution in [3.05, 3.63) is 94.1 Å². The summed E-state index contributed by atoms with van der Waals surface area (Å²) in [7, 11) is -2.66. The van der Waals surface area contributed by atoms with E-state index < -0.39 is 15.9 Å². The van der Waals surface area contributed by atoms with Crippen molar-refractivity contribution in [3.8, 4) is 11.5 Å². The normalized spacial score (nSPS) is 15.1. The zero-order chi connectivity index (χ0) is 23.6. The Morgan fingerprint density at radius 2 is 1.76 bits per heavy atom. The van der Waals surface area contributed by atoms with Gasteiger partial charge in [-0.25, -0.2) is 18.4 Å². The minimum absolute atomic E-state index is 0.00777. The standard InChI is InChI=1S/C23H18BrN3O5S/c1-32-21-14-15(7-12-20(21)28)13-19-23(29)27(22(25-19)16-5-3-2-4-6-16)26-33(30,31)18-10-8-17(24)9-11-18/h2-14,26,28H,1H3. The molecule has 168 valence electrons. The van der Waals surface area contributed by atoms with Crippen LogP contribution < -0.4 is 9.57 Å². The lowest BCUT2D eigenvalue weighted by Crippen LogP contribution is -2.47. The number of methoxy groups -OCH3 is 1. The molecular weight excluding hydrogens is 510 g/mol. The molecule has 0 saturated heterocycles. The summed E-state index contributed by atoms with van der Waals surface area (Å²) in [5.41, 5.74) is 1.11. The van der Waals surface area contributed by atoms with E-state index in [-0.39, 0.29) is 27.9 Å². The Morgan fingerprint density at radius 1 is 1.06 bits per heavy atom. The molecule has 0 radical (unpaired) electrons. The van der Waals surface area contributed by atoms with E-state index in [4.69, 9.17) is 4.74 Å². The number of benzene rings is 3. The quantitative estimate of drug-likeness (QED) is 0.475. The van der Waals surface area contributed by atoms with Gasteiger partial charge in [-0.1, -0.05) is 52.3 Å². The predicted octanol–water partition coefficient (Wildman–Crippen LogP) is 3.69. The number of carbonyl (C=O) groups excluding carboxylic acids is 1. The van der Waals surface area contributed by atoms with Crippen LogP contribution >= 0.6 is 15.9 Å². The molecule has 33 heavy (non-hydrogen) atoms. The molecule has 0 aliphatic carbocycles. The molecule has 0 aromatic heterocycles. The highest BCUT2D eigenvalue weighted by atomic mass is 79.9. The Balaban J connectivity index is 1.74. The van der Waals surface area contributed by atoms with Crippen molar-refractivity contribution in [1.29, 1.82) is 0 Å². The molecule has 2 N–H and O–H groups in total. The number of hydrogen-bond donors (Lipinski definition) is 2. The summed E-state index contributed by atoms with van der Waals surface area (Å²) in [5, 5.41) is 10.7. The number of nitrogens with zero attached hydrogens (tertiary/aromatic N) is 2. The molecule has 10 heteroatoms. The van der Waals surface area contributed by atoms with Gasteiger partial charge in [0.1, 0.15) is 5.70 Å². The zero-order valence-electron chi connectivity index (χ0n) is 17.3. The highest BCUT2D eigenvalue weighted by Crippen LogP contribution is 2.29. The Morgan fingerprint density at radius 3 is 2.42 bits per heavy atom. The first-order valence-electron chi connectivity index (χ1n) is 9.64. The van der Waals surface area contributed by atoms with Crippen LogP contribution in [0.15, 0.2) is 92.9 Å². The van der Waals surface area contributed by atoms with Crippen molar-refractivity contribution in [2.24, 2.45) is 4.99 Å². The number of rotatable bonds is 6. The molecule has 0 saturated carbocycles. The number of hydrazine groups is 1. The molecule has 0 bridgehead atoms. The summed E-state index contributed by atoms with van der Waals surface area (Å²) in [6.07, 6.45) is 1.49. The SMILES string of the molecule is COc1cc(C=C2N=C(c3ccccc3)N(NS(=O)(=O)c3ccc(Br)cc3)C2=O)ccc1O. The number of amides is 1. The Kier molecular flexibility index (Phi) is 6.32. The third-order valence-electron chi connectivity index (χ3n) is 4.73. The van der Waals surface area contributed by atoms with Crippen molar-refractivity contribution >= 4 is 43.8 Å². The Labute approximate surface area is 199 Å². The van der Waals surface area contributed by atoms with E-state index in [2.05, 4.69) is 25.8 Å². The molecule has 8 nitrogen and oxygen atoms in total. The number of carbonyl (C=O) groups is 1. The van der Waals surface area contributed by atoms with Gasteiger partial charge in [-0.15, -0.1) is 4.83 Å². The van der Waals surface area contributed by atoms with Crippen LogP contribution in [-0.4, -0.2) is 37.4 Å². The van der Waals surface area contributed by atoms with Gasteiger partial charge in [0.05, 0.1) is 12.0 Å². The van der Waals surface area contributed by atoms with Gasteiger partial charge in [0.15, 0.2) is 17.3 Å². The van der Waals surface area contributed by atoms with E-state index in [0.29, 0.717) is 11.1 Å². The zero-order valence-corrected chi connectivity index (χ0v) is 19.7. The summed E-state index contributed by atoms with van der Waals surface area (Å²) in [4.78, 5) is 19.9. The molecule has 1 heterocycles. The first-order chi connectivity index (χ1) is 15.8. The van der Waals surface area contributed by atoms with Gasteiger partial charge in [-0.05, 0) is 48.0 Å². The molecule has 0 fully saturated rings. The summed E-state index contributed by atoms with van der Waals surface area (Å²) < 4.78 is 31.8. The van der Waals surface area contributed by atoms with Crippen LogP contribution in [0, 0.1) is 0 Å². The third kappa shape index (κ3) is 4.82. The fourth-order valence-corrected chi connectivity index (χ4v) is 4.38. The van der Waals surface area contributed by atoms with Crippen LogP contribution in [0.1, 0.15) is 11.1 Å². The molecule has 0 spiro atoms. The van der Waals surface area contributed by atoms with Gasteiger partial charge in [0, 0.05) is 10.0 Å². The van der Waals surface area contributed by atoms with Gasteiger partial charge >= 0.3 is 0 Å². The third-order valence-corrected chi connectivity index (χ3v) is 6.58. The molecule has 3 aromatic rings. The maximum Gasteiger partial charge on any atom is 0.293 e. The fraction of sp³-hybridized carbons (Fsp3) is 0.0435. The molecule has 4 rings (SSSR count). The number of nitrogens with one attached hydrogen (secondary N) is 1. The summed E-state index contributed by atoms with van der Waals surface area (Å²) in [6, 6.07) is 19.4. The van der Waals surface area contributed by atoms with Gasteiger partial charge < -0.3 is 9.84 Å². The highest BCUT2D eigenvalue weighted by molar-refractivity contribution is 9.10. The van der Waals surface area contributed by atoms with E-state index in [0.717, 1.165) is 9.48 Å². The molecule has 1 amide bonds. The first-order valence-corrected chi connectivity index (χ1v) is 11.9. The molecular formula is C23H18BrN3O5S. The van der Waals surface area contributed by atoms with Crippen molar-refractivity contribution < 1.29 is 23.1 Å². The average Bonchev–Trinajstić information content (AvgIpc) is 3.10. The highest BCUT2D eigenvalue weighted by Gasteiger charge is 2.35. The van der Waals surface area contributed by atoms with Gasteiger partial charge in [-0.3, -0.25) is 4.79 Å². The molecule has 1 aliphatic heterocycles. The van der Waals surface area contributed by atoms with Crippen molar-refractivity contribution in [3.63, 3.8) is 0 Å². The van der Waals surface area contributed by atoms with Crippen molar-refractivity contribution in [2.45, 2.75) is 4.90 Å². The summed E-state index contributed by atoms with van der Waals surface area (Å²) in [5.74, 6) is -0.329. The topological polar surface area (TPSA) is 108 Å². The number of ether oxygens (including phenoxy) is 1. The fourth-order valence-electron chi connectivity index (χ4n) is 3.11. The van der Waals surface area contributed by atoms with Crippen molar-refractivity contribution in [1.82, 2.24) is 9.84 Å². The molecule has 1 aliphatic rings. The molecule has 0 atom stereocenters.